The first-order valence-electron chi connectivity index (χ1n) is 6.59. The fourth-order valence-electron chi connectivity index (χ4n) is 2.97. The van der Waals surface area contributed by atoms with Crippen molar-refractivity contribution in [1.29, 1.82) is 0 Å². The molecule has 1 atom stereocenters. The van der Waals surface area contributed by atoms with E-state index >= 15 is 0 Å². The Balaban J connectivity index is 1.72. The van der Waals surface area contributed by atoms with Gasteiger partial charge in [-0.3, -0.25) is 0 Å². The normalized spacial score (nSPS) is 22.9. The molecule has 0 amide bonds. The summed E-state index contributed by atoms with van der Waals surface area (Å²) in [7, 11) is 0. The quantitative estimate of drug-likeness (QED) is 0.505. The number of ether oxygens (including phenoxy) is 2. The lowest BCUT2D eigenvalue weighted by Crippen LogP contribution is -2.44. The molecule has 4 rings (SSSR count). The molecule has 2 aliphatic rings. The second kappa shape index (κ2) is 4.76. The molecule has 0 radical (unpaired) electrons. The Morgan fingerprint density at radius 2 is 1.80 bits per heavy atom. The summed E-state index contributed by atoms with van der Waals surface area (Å²) in [5.41, 5.74) is 2.77. The van der Waals surface area contributed by atoms with Crippen molar-refractivity contribution in [2.24, 2.45) is 0 Å². The van der Waals surface area contributed by atoms with Gasteiger partial charge < -0.3 is 9.47 Å². The van der Waals surface area contributed by atoms with E-state index < -0.39 is 5.79 Å². The highest BCUT2D eigenvalue weighted by Crippen LogP contribution is 2.47. The summed E-state index contributed by atoms with van der Waals surface area (Å²) in [6, 6.07) is 12.8. The second-order valence-corrected chi connectivity index (χ2v) is 7.68. The molecule has 2 nitrogen and oxygen atoms in total. The van der Waals surface area contributed by atoms with Gasteiger partial charge in [0.05, 0.1) is 9.99 Å². The predicted octanol–water partition coefficient (Wildman–Crippen LogP) is 4.55. The summed E-state index contributed by atoms with van der Waals surface area (Å²) >= 11 is 4.64. The Bertz CT molecular complexity index is 699. The maximum Gasteiger partial charge on any atom is 0.256 e. The number of halogens is 2. The molecule has 1 unspecified atom stereocenters. The van der Waals surface area contributed by atoms with Crippen LogP contribution < -0.4 is 9.47 Å². The van der Waals surface area contributed by atoms with E-state index in [2.05, 4.69) is 81.6 Å². The largest absolute Gasteiger partial charge is 0.448 e. The average Bonchev–Trinajstić information content (AvgIpc) is 2.77. The monoisotopic (exact) mass is 490 g/mol. The Hall–Kier alpha value is -0.500. The molecular weight excluding hydrogens is 478 g/mol. The predicted molar refractivity (Wildman–Crippen MR) is 94.3 cm³/mol. The van der Waals surface area contributed by atoms with E-state index in [9.17, 15) is 0 Å². The zero-order valence-corrected chi connectivity index (χ0v) is 15.0. The number of fused-ring (bicyclic) bond motifs is 2. The maximum atomic E-state index is 6.24. The minimum absolute atomic E-state index is 0.499. The van der Waals surface area contributed by atoms with Crippen LogP contribution in [0, 0.1) is 7.14 Å². The van der Waals surface area contributed by atoms with Crippen LogP contribution >= 0.6 is 45.2 Å². The van der Waals surface area contributed by atoms with E-state index in [-0.39, 0.29) is 0 Å². The molecule has 4 heteroatoms. The zero-order chi connectivity index (χ0) is 13.7. The molecule has 1 spiro atoms. The van der Waals surface area contributed by atoms with Crippen LogP contribution in [-0.2, 0) is 12.8 Å². The maximum absolute atomic E-state index is 6.24. The molecule has 0 fully saturated rings. The Labute approximate surface area is 145 Å². The third-order valence-electron chi connectivity index (χ3n) is 3.91. The number of benzene rings is 2. The minimum atomic E-state index is -0.499. The molecule has 0 saturated carbocycles. The number of aryl methyl sites for hydroxylation is 1. The van der Waals surface area contributed by atoms with Gasteiger partial charge in [0.15, 0.2) is 11.5 Å². The lowest BCUT2D eigenvalue weighted by Gasteiger charge is -2.32. The first kappa shape index (κ1) is 13.2. The average molecular weight is 490 g/mol. The molecule has 2 aromatic rings. The lowest BCUT2D eigenvalue weighted by atomic mass is 9.87. The van der Waals surface area contributed by atoms with Gasteiger partial charge >= 0.3 is 0 Å². The van der Waals surface area contributed by atoms with Gasteiger partial charge in [-0.05, 0) is 74.9 Å². The van der Waals surface area contributed by atoms with Gasteiger partial charge in [-0.1, -0.05) is 24.3 Å². The molecule has 0 N–H and O–H groups in total. The van der Waals surface area contributed by atoms with Crippen LogP contribution in [0.4, 0.5) is 0 Å². The van der Waals surface area contributed by atoms with E-state index in [1.165, 1.54) is 14.7 Å². The van der Waals surface area contributed by atoms with Crippen LogP contribution in [0.3, 0.4) is 0 Å². The van der Waals surface area contributed by atoms with Crippen LogP contribution in [0.5, 0.6) is 11.5 Å². The van der Waals surface area contributed by atoms with Gasteiger partial charge in [-0.2, -0.15) is 0 Å². The van der Waals surface area contributed by atoms with E-state index in [1.807, 2.05) is 0 Å². The molecule has 20 heavy (non-hydrogen) atoms. The molecular formula is C16H12I2O2. The van der Waals surface area contributed by atoms with Crippen LogP contribution in [0.25, 0.3) is 0 Å². The van der Waals surface area contributed by atoms with Crippen LogP contribution in [0.15, 0.2) is 36.4 Å². The van der Waals surface area contributed by atoms with Crippen molar-refractivity contribution in [3.05, 3.63) is 54.7 Å². The first-order chi connectivity index (χ1) is 9.65. The molecule has 1 aliphatic heterocycles. The Morgan fingerprint density at radius 3 is 2.65 bits per heavy atom. The van der Waals surface area contributed by atoms with Gasteiger partial charge in [-0.15, -0.1) is 0 Å². The third kappa shape index (κ3) is 2.11. The molecule has 0 aromatic heterocycles. The van der Waals surface area contributed by atoms with Crippen molar-refractivity contribution in [3.63, 3.8) is 0 Å². The van der Waals surface area contributed by atoms with Crippen LogP contribution in [0.1, 0.15) is 17.5 Å². The van der Waals surface area contributed by atoms with Gasteiger partial charge in [0.1, 0.15) is 0 Å². The summed E-state index contributed by atoms with van der Waals surface area (Å²) in [5.74, 6) is 1.30. The highest BCUT2D eigenvalue weighted by atomic mass is 127. The van der Waals surface area contributed by atoms with E-state index in [0.29, 0.717) is 0 Å². The Kier molecular flexibility index (Phi) is 3.14. The molecule has 1 aliphatic carbocycles. The fraction of sp³-hybridized carbons (Fsp3) is 0.250. The van der Waals surface area contributed by atoms with Crippen molar-refractivity contribution in [3.8, 4) is 11.5 Å². The van der Waals surface area contributed by atoms with Crippen LogP contribution in [0.2, 0.25) is 0 Å². The number of hydrogen-bond donors (Lipinski definition) is 0. The summed E-state index contributed by atoms with van der Waals surface area (Å²) in [4.78, 5) is 0. The molecule has 102 valence electrons. The van der Waals surface area contributed by atoms with Gasteiger partial charge in [0.25, 0.3) is 5.79 Å². The molecule has 0 saturated heterocycles. The summed E-state index contributed by atoms with van der Waals surface area (Å²) < 4.78 is 14.8. The summed E-state index contributed by atoms with van der Waals surface area (Å²) in [6.45, 7) is 0. The van der Waals surface area contributed by atoms with Crippen molar-refractivity contribution in [2.45, 2.75) is 25.0 Å². The van der Waals surface area contributed by atoms with E-state index in [4.69, 9.17) is 9.47 Å². The van der Waals surface area contributed by atoms with Crippen molar-refractivity contribution in [2.75, 3.05) is 0 Å². The number of rotatable bonds is 0. The first-order valence-corrected chi connectivity index (χ1v) is 8.75. The van der Waals surface area contributed by atoms with Crippen molar-refractivity contribution in [1.82, 2.24) is 0 Å². The lowest BCUT2D eigenvalue weighted by molar-refractivity contribution is -0.0888. The molecule has 2 aromatic carbocycles. The van der Waals surface area contributed by atoms with Gasteiger partial charge in [0, 0.05) is 9.99 Å². The molecule has 1 heterocycles. The van der Waals surface area contributed by atoms with E-state index in [1.54, 1.807) is 0 Å². The minimum Gasteiger partial charge on any atom is -0.448 e. The topological polar surface area (TPSA) is 18.5 Å². The van der Waals surface area contributed by atoms with Gasteiger partial charge in [-0.25, -0.2) is 0 Å². The highest BCUT2D eigenvalue weighted by molar-refractivity contribution is 14.1. The highest BCUT2D eigenvalue weighted by Gasteiger charge is 2.44. The van der Waals surface area contributed by atoms with Crippen LogP contribution in [-0.4, -0.2) is 5.79 Å². The number of hydrogen-bond acceptors (Lipinski definition) is 2. The van der Waals surface area contributed by atoms with Crippen molar-refractivity contribution < 1.29 is 9.47 Å². The second-order valence-electron chi connectivity index (χ2n) is 5.28. The fourth-order valence-corrected chi connectivity index (χ4v) is 4.87. The third-order valence-corrected chi connectivity index (χ3v) is 5.34. The molecule has 0 bridgehead atoms. The smallest absolute Gasteiger partial charge is 0.256 e. The zero-order valence-electron chi connectivity index (χ0n) is 10.7. The summed E-state index contributed by atoms with van der Waals surface area (Å²) in [6.07, 6.45) is 2.74. The summed E-state index contributed by atoms with van der Waals surface area (Å²) in [5, 5.41) is 0. The SMILES string of the molecule is Ic1cc(I)c2c(c1)OC1(CCc3ccccc3C1)O2. The standard InChI is InChI=1S/C16H12I2O2/c17-12-7-13(18)15-14(8-12)19-16(20-15)6-5-10-3-1-2-4-11(10)9-16/h1-4,7-8H,5-6,9H2. The van der Waals surface area contributed by atoms with E-state index in [0.717, 1.165) is 34.3 Å². The van der Waals surface area contributed by atoms with Crippen molar-refractivity contribution >= 4 is 45.2 Å². The Morgan fingerprint density at radius 1 is 1.00 bits per heavy atom. The van der Waals surface area contributed by atoms with Gasteiger partial charge in [0.2, 0.25) is 0 Å².